The number of rotatable bonds is 44. The fraction of sp³-hybridized carbons (Fsp3) is 0.812. The van der Waals surface area contributed by atoms with Crippen LogP contribution < -0.4 is 37.2 Å². The molecular weight excluding hydrogens is 1410 g/mol. The molecule has 3 aliphatic heterocycles. The number of hydrogen-bond acceptors (Lipinski definition) is 18. The van der Waals surface area contributed by atoms with Crippen LogP contribution in [0, 0.1) is 29.6 Å². The highest BCUT2D eigenvalue weighted by Crippen LogP contribution is 2.35. The summed E-state index contributed by atoms with van der Waals surface area (Å²) in [6, 6.07) is -7.83. The van der Waals surface area contributed by atoms with Gasteiger partial charge in [0.2, 0.25) is 47.3 Å². The van der Waals surface area contributed by atoms with Crippen molar-refractivity contribution >= 4 is 118 Å². The van der Waals surface area contributed by atoms with Gasteiger partial charge in [0.15, 0.2) is 28.6 Å². The minimum absolute atomic E-state index is 0. The molecule has 0 spiro atoms. The maximum atomic E-state index is 13.4. The van der Waals surface area contributed by atoms with Crippen LogP contribution in [0.4, 0.5) is 0 Å². The Labute approximate surface area is 618 Å². The average molecular weight is 1550 g/mol. The minimum Gasteiger partial charge on any atom is -0.394 e. The quantitative estimate of drug-likeness (QED) is 0.0146. The molecule has 0 bridgehead atoms. The zero-order chi connectivity index (χ0) is 76.7. The van der Waals surface area contributed by atoms with Gasteiger partial charge >= 0.3 is 0 Å². The predicted octanol–water partition coefficient (Wildman–Crippen LogP) is 5.93. The number of carbonyl (C=O) groups excluding carboxylic acids is 11. The highest BCUT2D eigenvalue weighted by Gasteiger charge is 2.55. The monoisotopic (exact) mass is 1550 g/mol. The molecule has 3 aliphatic rings. The number of ketones is 3. The van der Waals surface area contributed by atoms with E-state index in [-0.39, 0.29) is 96.3 Å². The van der Waals surface area contributed by atoms with E-state index in [9.17, 15) is 73.2 Å². The standard InChI is InChI=1S/C28H50N4O7.C20H34N2O6.C20H36N2O5.CH4.H5P3.H4P2.H3P/c1-11-16(5)21(30-27(38)23(17(6)12-2)32(10)19(8)34)25(36)31-22(18(7)33)26(37)29-20(13-15(3)4)24(35)28(9)14-39-28;1-13(2)7-5-6-8-17(25)21-16(10-23)19(27)22-15(9-14(3)4)18(26)20(11-24)12-28-20;1-5-7-8-9-10-17(24)21-16(12-23)19(26)22-15(11-14(3)4)18(25)20(6-2)13-27-20;;1-3-2;1-2;/h15-18,20-23,33H,11-14H2,1-10H3,(H,29,37)(H,30,38)(H,31,36);13,15-16,23-24H,3,5-12H2,1-2,4H3,(H,21,25)(H,22,27);14-16,23H,5-13H2,1-4H3,(H,21,24)(H,22,26);1H4;3H,1-2H2;1-2H2;1H3/t16?,17?,18?,20-,21-,22-,23-,28+;2*15-,16-,20+;;;;/m000..../s1. The Hall–Kier alpha value is -3.19. The highest BCUT2D eigenvalue weighted by molar-refractivity contribution is 8.33. The molecule has 3 heterocycles. The first-order valence-corrected chi connectivity index (χ1v) is 42.2. The van der Waals surface area contributed by atoms with Gasteiger partial charge < -0.3 is 76.8 Å². The number of aliphatic hydroxyl groups excluding tert-OH is 4. The van der Waals surface area contributed by atoms with Crippen LogP contribution in [-0.2, 0) is 67.0 Å². The average Bonchev–Trinajstić information content (AvgIpc) is 1.63. The molecule has 11 N–H and O–H groups in total. The van der Waals surface area contributed by atoms with Gasteiger partial charge in [-0.05, 0) is 88.9 Å². The molecule has 8 unspecified atom stereocenters. The lowest BCUT2D eigenvalue weighted by Gasteiger charge is -2.34. The molecule has 32 heteroatoms. The smallest absolute Gasteiger partial charge is 0.245 e. The molecule has 26 nitrogen and oxygen atoms in total. The van der Waals surface area contributed by atoms with E-state index in [1.807, 2.05) is 55.4 Å². The summed E-state index contributed by atoms with van der Waals surface area (Å²) < 4.78 is 15.7. The van der Waals surface area contributed by atoms with Gasteiger partial charge in [-0.15, -0.1) is 42.3 Å². The molecule has 0 aromatic heterocycles. The Balaban J connectivity index is -0.000000683. The van der Waals surface area contributed by atoms with Gasteiger partial charge in [0.05, 0.1) is 63.9 Å². The van der Waals surface area contributed by atoms with Crippen molar-refractivity contribution in [2.75, 3.05) is 46.7 Å². The molecule has 0 radical (unpaired) electrons. The second-order valence-corrected chi connectivity index (χ2v) is 31.9. The third-order valence-corrected chi connectivity index (χ3v) is 17.3. The van der Waals surface area contributed by atoms with Gasteiger partial charge in [-0.1, -0.05) is 149 Å². The molecule has 3 rings (SSSR count). The number of nitrogens with one attached hydrogen (secondary N) is 7. The fourth-order valence-corrected chi connectivity index (χ4v) is 10.3. The zero-order valence-electron chi connectivity index (χ0n) is 63.1. The second kappa shape index (κ2) is 54.4. The first-order chi connectivity index (χ1) is 46.3. The van der Waals surface area contributed by atoms with Crippen LogP contribution in [0.3, 0.4) is 0 Å². The van der Waals surface area contributed by atoms with Gasteiger partial charge in [0, 0.05) is 26.8 Å². The summed E-state index contributed by atoms with van der Waals surface area (Å²) in [4.78, 5) is 141. The molecule has 0 saturated carbocycles. The van der Waals surface area contributed by atoms with Crippen LogP contribution in [-0.4, -0.2) is 208 Å². The SMILES string of the molecule is C.C=C(C)C[C@H](NC(=O)[C@H](CO)NC(=O)CCCCC(C)C)C(=O)[C@@]1(CO)CO1.CCC(C)[C@H](NC(=O)[C@H](C(C)CC)N(C)C(C)=O)C(=O)N[C@H](C(=O)N[C@@H](CC(C)C)C(=O)[C@@]1(C)CO1)C(C)O.CCCCCCC(=O)N[C@@H](CO)C(=O)N[C@@H](CC(C)C)C(=O)[C@@]1(CC)CO1.P.PP.PPP. The van der Waals surface area contributed by atoms with E-state index in [2.05, 4.69) is 100 Å². The van der Waals surface area contributed by atoms with Crippen molar-refractivity contribution in [1.29, 1.82) is 0 Å². The van der Waals surface area contributed by atoms with Crippen LogP contribution in [0.15, 0.2) is 12.2 Å². The molecule has 0 aromatic rings. The number of Topliss-reactive ketones (excluding diaryl/α,β-unsaturated/α-hetero) is 3. The topological polar surface area (TPSA) is 394 Å². The molecule has 8 amide bonds. The summed E-state index contributed by atoms with van der Waals surface area (Å²) in [5.41, 5.74) is -2.34. The van der Waals surface area contributed by atoms with E-state index >= 15 is 0 Å². The molecule has 3 fully saturated rings. The summed E-state index contributed by atoms with van der Waals surface area (Å²) in [6.45, 7) is 32.5. The Morgan fingerprint density at radius 2 is 0.950 bits per heavy atom. The van der Waals surface area contributed by atoms with E-state index < -0.39 is 126 Å². The zero-order valence-corrected chi connectivity index (χ0v) is 70.1. The maximum Gasteiger partial charge on any atom is 0.245 e. The highest BCUT2D eigenvalue weighted by atomic mass is 32.4. The van der Waals surface area contributed by atoms with Crippen LogP contribution in [0.5, 0.6) is 0 Å². The third kappa shape index (κ3) is 39.3. The Bertz CT molecular complexity index is 2530. The van der Waals surface area contributed by atoms with Gasteiger partial charge in [-0.3, -0.25) is 52.7 Å². The van der Waals surface area contributed by atoms with Crippen LogP contribution in [0.25, 0.3) is 0 Å². The lowest BCUT2D eigenvalue weighted by Crippen LogP contribution is -2.62. The number of carbonyl (C=O) groups is 11. The van der Waals surface area contributed by atoms with Crippen molar-refractivity contribution in [3.63, 3.8) is 0 Å². The molecule has 3 saturated heterocycles. The fourth-order valence-electron chi connectivity index (χ4n) is 10.3. The Morgan fingerprint density at radius 1 is 0.545 bits per heavy atom. The van der Waals surface area contributed by atoms with Crippen molar-refractivity contribution in [2.45, 2.75) is 286 Å². The molecule has 101 heavy (non-hydrogen) atoms. The number of ether oxygens (including phenoxy) is 3. The second-order valence-electron chi connectivity index (χ2n) is 27.6. The van der Waals surface area contributed by atoms with Crippen molar-refractivity contribution in [1.82, 2.24) is 42.1 Å². The van der Waals surface area contributed by atoms with Crippen molar-refractivity contribution in [2.24, 2.45) is 29.6 Å². The maximum absolute atomic E-state index is 13.4. The van der Waals surface area contributed by atoms with Crippen LogP contribution >= 0.6 is 53.6 Å². The van der Waals surface area contributed by atoms with Gasteiger partial charge in [0.1, 0.15) is 35.8 Å². The van der Waals surface area contributed by atoms with Gasteiger partial charge in [-0.25, -0.2) is 0 Å². The summed E-state index contributed by atoms with van der Waals surface area (Å²) in [6.07, 6.45) is 8.61. The van der Waals surface area contributed by atoms with Crippen LogP contribution in [0.2, 0.25) is 0 Å². The molecule has 590 valence electrons. The normalized spacial score (nSPS) is 19.9. The number of epoxide rings is 3. The number of unbranched alkanes of at least 4 members (excludes halogenated alkanes) is 4. The summed E-state index contributed by atoms with van der Waals surface area (Å²) >= 11 is 0. The Kier molecular flexibility index (Phi) is 56.1. The summed E-state index contributed by atoms with van der Waals surface area (Å²) in [5.74, 6) is -4.31. The largest absolute Gasteiger partial charge is 0.394 e. The molecule has 0 aliphatic carbocycles. The van der Waals surface area contributed by atoms with Crippen molar-refractivity contribution < 1.29 is 87.4 Å². The van der Waals surface area contributed by atoms with Crippen molar-refractivity contribution in [3.8, 4) is 0 Å². The van der Waals surface area contributed by atoms with Crippen molar-refractivity contribution in [3.05, 3.63) is 12.2 Å². The number of aliphatic hydroxyl groups is 4. The molecular formula is C69H136N8O18P6. The van der Waals surface area contributed by atoms with Gasteiger partial charge in [0.25, 0.3) is 0 Å². The number of hydrogen-bond donors (Lipinski definition) is 11. The predicted molar refractivity (Wildman–Crippen MR) is 420 cm³/mol. The first-order valence-electron chi connectivity index (χ1n) is 34.9. The lowest BCUT2D eigenvalue weighted by atomic mass is 9.90. The lowest BCUT2D eigenvalue weighted by molar-refractivity contribution is -0.141. The number of nitrogens with zero attached hydrogens (tertiary/aromatic N) is 1. The summed E-state index contributed by atoms with van der Waals surface area (Å²) in [7, 11) is 12.3. The molecule has 19 atom stereocenters. The van der Waals surface area contributed by atoms with E-state index in [0.29, 0.717) is 63.0 Å². The Morgan fingerprint density at radius 3 is 1.31 bits per heavy atom. The number of likely N-dealkylation sites (N-methyl/N-ethyl adjacent to an activating group) is 1. The van der Waals surface area contributed by atoms with E-state index in [0.717, 1.165) is 46.5 Å². The minimum atomic E-state index is -1.36. The van der Waals surface area contributed by atoms with E-state index in [1.54, 1.807) is 27.8 Å². The van der Waals surface area contributed by atoms with Gasteiger partial charge in [-0.2, -0.15) is 9.90 Å². The third-order valence-electron chi connectivity index (χ3n) is 17.3. The van der Waals surface area contributed by atoms with E-state index in [1.165, 1.54) is 18.7 Å². The summed E-state index contributed by atoms with van der Waals surface area (Å²) in [5, 5.41) is 57.2. The van der Waals surface area contributed by atoms with Crippen LogP contribution in [0.1, 0.15) is 215 Å². The first kappa shape index (κ1) is 104. The van der Waals surface area contributed by atoms with E-state index in [4.69, 9.17) is 14.2 Å². The molecule has 0 aromatic carbocycles. The number of amides is 8.